The zero-order valence-corrected chi connectivity index (χ0v) is 16.6. The van der Waals surface area contributed by atoms with Crippen LogP contribution in [0.25, 0.3) is 0 Å². The fourth-order valence-electron chi connectivity index (χ4n) is 4.13. The van der Waals surface area contributed by atoms with E-state index in [0.29, 0.717) is 13.2 Å². The summed E-state index contributed by atoms with van der Waals surface area (Å²) in [5.74, 6) is 0.139. The summed E-state index contributed by atoms with van der Waals surface area (Å²) in [5.41, 5.74) is 1.44. The normalized spacial score (nSPS) is 21.1. The fourth-order valence-corrected chi connectivity index (χ4v) is 4.13. The minimum absolute atomic E-state index is 0.0873. The standard InChI is InChI=1S/C21H34N4O2/c1-27-18-21(7-9-22-10-8-21)17-23-20(26)16-25-13-11-24(12-14-25)15-19-5-3-2-4-6-19/h2-6,22H,7-18H2,1H3,(H,23,26). The first-order chi connectivity index (χ1) is 13.2. The van der Waals surface area contributed by atoms with Gasteiger partial charge in [0.25, 0.3) is 0 Å². The molecule has 2 heterocycles. The molecule has 1 amide bonds. The van der Waals surface area contributed by atoms with Crippen molar-refractivity contribution in [2.24, 2.45) is 5.41 Å². The molecule has 0 bridgehead atoms. The molecule has 0 saturated carbocycles. The summed E-state index contributed by atoms with van der Waals surface area (Å²) in [6.45, 7) is 8.87. The summed E-state index contributed by atoms with van der Waals surface area (Å²) in [5, 5.41) is 6.57. The molecule has 150 valence electrons. The van der Waals surface area contributed by atoms with E-state index < -0.39 is 0 Å². The summed E-state index contributed by atoms with van der Waals surface area (Å²) in [7, 11) is 1.75. The monoisotopic (exact) mass is 374 g/mol. The van der Waals surface area contributed by atoms with E-state index in [1.54, 1.807) is 7.11 Å². The number of amides is 1. The highest BCUT2D eigenvalue weighted by Gasteiger charge is 2.32. The summed E-state index contributed by atoms with van der Waals surface area (Å²) in [6.07, 6.45) is 2.11. The number of ether oxygens (including phenoxy) is 1. The van der Waals surface area contributed by atoms with Gasteiger partial charge in [-0.15, -0.1) is 0 Å². The quantitative estimate of drug-likeness (QED) is 0.709. The Morgan fingerprint density at radius 3 is 2.44 bits per heavy atom. The molecule has 1 aromatic carbocycles. The van der Waals surface area contributed by atoms with Crippen molar-refractivity contribution < 1.29 is 9.53 Å². The topological polar surface area (TPSA) is 56.8 Å². The minimum Gasteiger partial charge on any atom is -0.384 e. The minimum atomic E-state index is 0.0873. The predicted molar refractivity (Wildman–Crippen MR) is 108 cm³/mol. The Labute approximate surface area is 163 Å². The first-order valence-electron chi connectivity index (χ1n) is 10.1. The van der Waals surface area contributed by atoms with Crippen LogP contribution in [-0.2, 0) is 16.1 Å². The number of nitrogens with one attached hydrogen (secondary N) is 2. The SMILES string of the molecule is COCC1(CNC(=O)CN2CCN(Cc3ccccc3)CC2)CCNCC1. The average molecular weight is 375 g/mol. The van der Waals surface area contributed by atoms with Gasteiger partial charge < -0.3 is 15.4 Å². The third-order valence-corrected chi connectivity index (χ3v) is 5.86. The molecular formula is C21H34N4O2. The van der Waals surface area contributed by atoms with Crippen LogP contribution in [0.1, 0.15) is 18.4 Å². The first-order valence-corrected chi connectivity index (χ1v) is 10.1. The van der Waals surface area contributed by atoms with E-state index in [-0.39, 0.29) is 11.3 Å². The molecule has 2 aliphatic heterocycles. The largest absolute Gasteiger partial charge is 0.384 e. The number of rotatable bonds is 8. The van der Waals surface area contributed by atoms with Crippen LogP contribution in [0.2, 0.25) is 0 Å². The van der Waals surface area contributed by atoms with E-state index in [4.69, 9.17) is 4.74 Å². The predicted octanol–water partition coefficient (Wildman–Crippen LogP) is 0.937. The summed E-state index contributed by atoms with van der Waals surface area (Å²) >= 11 is 0. The molecule has 0 unspecified atom stereocenters. The van der Waals surface area contributed by atoms with Crippen LogP contribution in [0.5, 0.6) is 0 Å². The molecule has 27 heavy (non-hydrogen) atoms. The third kappa shape index (κ3) is 6.28. The Kier molecular flexibility index (Phi) is 7.64. The van der Waals surface area contributed by atoms with Crippen LogP contribution in [-0.4, -0.2) is 81.8 Å². The van der Waals surface area contributed by atoms with Gasteiger partial charge in [-0.25, -0.2) is 0 Å². The number of piperazine rings is 1. The van der Waals surface area contributed by atoms with Crippen LogP contribution in [0, 0.1) is 5.41 Å². The summed E-state index contributed by atoms with van der Waals surface area (Å²) < 4.78 is 5.43. The second-order valence-electron chi connectivity index (χ2n) is 8.00. The van der Waals surface area contributed by atoms with E-state index in [0.717, 1.165) is 65.2 Å². The van der Waals surface area contributed by atoms with Crippen LogP contribution < -0.4 is 10.6 Å². The summed E-state index contributed by atoms with van der Waals surface area (Å²) in [4.78, 5) is 17.2. The smallest absolute Gasteiger partial charge is 0.234 e. The van der Waals surface area contributed by atoms with E-state index in [2.05, 4.69) is 50.8 Å². The molecule has 2 fully saturated rings. The van der Waals surface area contributed by atoms with Gasteiger partial charge in [0.05, 0.1) is 13.2 Å². The Balaban J connectivity index is 1.37. The number of nitrogens with zero attached hydrogens (tertiary/aromatic N) is 2. The summed E-state index contributed by atoms with van der Waals surface area (Å²) in [6, 6.07) is 10.6. The molecular weight excluding hydrogens is 340 g/mol. The van der Waals surface area contributed by atoms with E-state index in [9.17, 15) is 4.79 Å². The van der Waals surface area contributed by atoms with Crippen molar-refractivity contribution in [2.45, 2.75) is 19.4 Å². The molecule has 2 aliphatic rings. The van der Waals surface area contributed by atoms with Gasteiger partial charge in [0.15, 0.2) is 0 Å². The Hall–Kier alpha value is -1.47. The molecule has 0 aromatic heterocycles. The molecule has 1 aromatic rings. The lowest BCUT2D eigenvalue weighted by Gasteiger charge is -2.38. The van der Waals surface area contributed by atoms with Gasteiger partial charge in [0.2, 0.25) is 5.91 Å². The molecule has 0 atom stereocenters. The van der Waals surface area contributed by atoms with Crippen molar-refractivity contribution in [3.63, 3.8) is 0 Å². The van der Waals surface area contributed by atoms with Gasteiger partial charge >= 0.3 is 0 Å². The highest BCUT2D eigenvalue weighted by molar-refractivity contribution is 5.78. The molecule has 0 aliphatic carbocycles. The van der Waals surface area contributed by atoms with Crippen LogP contribution in [0.4, 0.5) is 0 Å². The lowest BCUT2D eigenvalue weighted by Crippen LogP contribution is -2.51. The lowest BCUT2D eigenvalue weighted by atomic mass is 9.79. The number of carbonyl (C=O) groups excluding carboxylic acids is 1. The zero-order valence-electron chi connectivity index (χ0n) is 16.6. The van der Waals surface area contributed by atoms with Crippen molar-refractivity contribution >= 4 is 5.91 Å². The first kappa shape index (κ1) is 20.3. The Bertz CT molecular complexity index is 561. The lowest BCUT2D eigenvalue weighted by molar-refractivity contribution is -0.123. The number of hydrogen-bond donors (Lipinski definition) is 2. The average Bonchev–Trinajstić information content (AvgIpc) is 2.70. The second-order valence-corrected chi connectivity index (χ2v) is 8.00. The van der Waals surface area contributed by atoms with Gasteiger partial charge in [-0.2, -0.15) is 0 Å². The second kappa shape index (κ2) is 10.2. The van der Waals surface area contributed by atoms with Gasteiger partial charge in [-0.05, 0) is 31.5 Å². The maximum atomic E-state index is 12.5. The van der Waals surface area contributed by atoms with Crippen molar-refractivity contribution in [3.05, 3.63) is 35.9 Å². The van der Waals surface area contributed by atoms with Crippen LogP contribution in [0.15, 0.2) is 30.3 Å². The highest BCUT2D eigenvalue weighted by Crippen LogP contribution is 2.28. The number of benzene rings is 1. The molecule has 2 saturated heterocycles. The number of hydrogen-bond acceptors (Lipinski definition) is 5. The Morgan fingerprint density at radius 1 is 1.11 bits per heavy atom. The van der Waals surface area contributed by atoms with Gasteiger partial charge in [0, 0.05) is 51.8 Å². The van der Waals surface area contributed by atoms with Gasteiger partial charge in [-0.3, -0.25) is 14.6 Å². The van der Waals surface area contributed by atoms with Crippen molar-refractivity contribution in [3.8, 4) is 0 Å². The van der Waals surface area contributed by atoms with Gasteiger partial charge in [0.1, 0.15) is 0 Å². The van der Waals surface area contributed by atoms with Gasteiger partial charge in [-0.1, -0.05) is 30.3 Å². The van der Waals surface area contributed by atoms with Crippen molar-refractivity contribution in [1.82, 2.24) is 20.4 Å². The highest BCUT2D eigenvalue weighted by atomic mass is 16.5. The number of piperidine rings is 1. The maximum Gasteiger partial charge on any atom is 0.234 e. The molecule has 6 heteroatoms. The van der Waals surface area contributed by atoms with E-state index in [1.807, 2.05) is 0 Å². The molecule has 0 radical (unpaired) electrons. The number of carbonyl (C=O) groups is 1. The van der Waals surface area contributed by atoms with Crippen LogP contribution in [0.3, 0.4) is 0 Å². The molecule has 3 rings (SSSR count). The Morgan fingerprint density at radius 2 is 1.78 bits per heavy atom. The zero-order chi connectivity index (χ0) is 19.0. The third-order valence-electron chi connectivity index (χ3n) is 5.86. The molecule has 6 nitrogen and oxygen atoms in total. The van der Waals surface area contributed by atoms with Crippen LogP contribution >= 0.6 is 0 Å². The van der Waals surface area contributed by atoms with Crippen molar-refractivity contribution in [1.29, 1.82) is 0 Å². The van der Waals surface area contributed by atoms with E-state index in [1.165, 1.54) is 5.56 Å². The van der Waals surface area contributed by atoms with E-state index >= 15 is 0 Å². The van der Waals surface area contributed by atoms with Crippen molar-refractivity contribution in [2.75, 3.05) is 66.1 Å². The molecule has 0 spiro atoms. The maximum absolute atomic E-state index is 12.5. The fraction of sp³-hybridized carbons (Fsp3) is 0.667. The number of methoxy groups -OCH3 is 1. The molecule has 2 N–H and O–H groups in total.